The number of carbonyl (C=O) groups is 4. The summed E-state index contributed by atoms with van der Waals surface area (Å²) in [7, 11) is 0. The van der Waals surface area contributed by atoms with Crippen molar-refractivity contribution in [3.8, 4) is 0 Å². The van der Waals surface area contributed by atoms with Gasteiger partial charge in [0.1, 0.15) is 0 Å². The third-order valence-electron chi connectivity index (χ3n) is 6.15. The van der Waals surface area contributed by atoms with Crippen molar-refractivity contribution < 1.29 is 28.7 Å². The van der Waals surface area contributed by atoms with Crippen LogP contribution >= 0.6 is 0 Å². The van der Waals surface area contributed by atoms with Gasteiger partial charge in [-0.05, 0) is 51.9 Å². The van der Waals surface area contributed by atoms with E-state index in [9.17, 15) is 19.2 Å². The van der Waals surface area contributed by atoms with Gasteiger partial charge in [0.05, 0.1) is 11.1 Å². The van der Waals surface area contributed by atoms with Gasteiger partial charge in [-0.15, -0.1) is 0 Å². The topological polar surface area (TPSA) is 86.7 Å². The molecule has 6 nitrogen and oxygen atoms in total. The number of rotatable bonds is 8. The molecule has 0 aromatic heterocycles. The summed E-state index contributed by atoms with van der Waals surface area (Å²) in [6.07, 6.45) is 0. The molecule has 0 saturated heterocycles. The second-order valence-corrected chi connectivity index (χ2v) is 8.70. The van der Waals surface area contributed by atoms with Crippen LogP contribution in [0.3, 0.4) is 0 Å². The van der Waals surface area contributed by atoms with Crippen LogP contribution in [0.2, 0.25) is 0 Å². The lowest BCUT2D eigenvalue weighted by atomic mass is 10.0. The van der Waals surface area contributed by atoms with Gasteiger partial charge >= 0.3 is 11.9 Å². The van der Waals surface area contributed by atoms with Crippen molar-refractivity contribution in [2.75, 3.05) is 13.2 Å². The van der Waals surface area contributed by atoms with E-state index in [4.69, 9.17) is 9.47 Å². The average Bonchev–Trinajstić information content (AvgIpc) is 2.97. The molecule has 0 aliphatic heterocycles. The minimum absolute atomic E-state index is 0.0895. The summed E-state index contributed by atoms with van der Waals surface area (Å²) in [5, 5.41) is 3.83. The van der Waals surface area contributed by atoms with Crippen LogP contribution < -0.4 is 0 Å². The first-order valence-corrected chi connectivity index (χ1v) is 12.0. The minimum Gasteiger partial charge on any atom is -0.454 e. The van der Waals surface area contributed by atoms with Crippen molar-refractivity contribution >= 4 is 45.0 Å². The molecule has 0 unspecified atom stereocenters. The Morgan fingerprint density at radius 1 is 0.421 bits per heavy atom. The normalized spacial score (nSPS) is 10.7. The molecule has 6 heteroatoms. The lowest BCUT2D eigenvalue weighted by molar-refractivity contribution is 0.0468. The molecule has 0 fully saturated rings. The van der Waals surface area contributed by atoms with Crippen molar-refractivity contribution in [1.82, 2.24) is 0 Å². The maximum Gasteiger partial charge on any atom is 0.338 e. The lowest BCUT2D eigenvalue weighted by Crippen LogP contribution is -2.16. The van der Waals surface area contributed by atoms with Crippen molar-refractivity contribution in [1.29, 1.82) is 0 Å². The Bertz CT molecular complexity index is 1580. The summed E-state index contributed by atoms with van der Waals surface area (Å²) in [6.45, 7) is -0.877. The van der Waals surface area contributed by atoms with Crippen molar-refractivity contribution in [2.24, 2.45) is 0 Å². The monoisotopic (exact) mass is 502 g/mol. The highest BCUT2D eigenvalue weighted by molar-refractivity contribution is 6.04. The summed E-state index contributed by atoms with van der Waals surface area (Å²) in [5.41, 5.74) is 1.05. The maximum absolute atomic E-state index is 12.6. The third kappa shape index (κ3) is 5.50. The van der Waals surface area contributed by atoms with E-state index in [1.165, 1.54) is 24.3 Å². The molecule has 5 aromatic carbocycles. The van der Waals surface area contributed by atoms with E-state index in [0.29, 0.717) is 11.1 Å². The number of Topliss-reactive ketones (excluding diaryl/α,β-unsaturated/α-hetero) is 2. The van der Waals surface area contributed by atoms with Gasteiger partial charge in [0.2, 0.25) is 0 Å². The first kappa shape index (κ1) is 24.6. The van der Waals surface area contributed by atoms with Gasteiger partial charge in [-0.2, -0.15) is 0 Å². The average molecular weight is 503 g/mol. The summed E-state index contributed by atoms with van der Waals surface area (Å²) in [4.78, 5) is 50.2. The predicted molar refractivity (Wildman–Crippen MR) is 144 cm³/mol. The Labute approximate surface area is 218 Å². The largest absolute Gasteiger partial charge is 0.454 e. The molecule has 0 saturated carbocycles. The summed E-state index contributed by atoms with van der Waals surface area (Å²) < 4.78 is 10.4. The molecule has 0 heterocycles. The fourth-order valence-corrected chi connectivity index (χ4v) is 4.09. The van der Waals surface area contributed by atoms with Crippen LogP contribution in [-0.2, 0) is 9.47 Å². The van der Waals surface area contributed by atoms with Gasteiger partial charge < -0.3 is 9.47 Å². The number of hydrogen-bond acceptors (Lipinski definition) is 6. The molecule has 0 spiro atoms. The second-order valence-electron chi connectivity index (χ2n) is 8.70. The number of ketones is 2. The van der Waals surface area contributed by atoms with Crippen LogP contribution in [0.15, 0.2) is 109 Å². The third-order valence-corrected chi connectivity index (χ3v) is 6.15. The fourth-order valence-electron chi connectivity index (χ4n) is 4.09. The second kappa shape index (κ2) is 10.9. The Morgan fingerprint density at radius 3 is 1.29 bits per heavy atom. The van der Waals surface area contributed by atoms with Gasteiger partial charge in [0.15, 0.2) is 24.8 Å². The number of fused-ring (bicyclic) bond motifs is 2. The van der Waals surface area contributed by atoms with E-state index in [-0.39, 0.29) is 22.7 Å². The van der Waals surface area contributed by atoms with E-state index < -0.39 is 25.2 Å². The first-order valence-electron chi connectivity index (χ1n) is 12.0. The van der Waals surface area contributed by atoms with Gasteiger partial charge in [-0.3, -0.25) is 9.59 Å². The highest BCUT2D eigenvalue weighted by atomic mass is 16.5. The number of carbonyl (C=O) groups excluding carboxylic acids is 4. The number of ether oxygens (including phenoxy) is 2. The van der Waals surface area contributed by atoms with Crippen LogP contribution in [0.25, 0.3) is 21.5 Å². The van der Waals surface area contributed by atoms with Crippen LogP contribution in [0.5, 0.6) is 0 Å². The summed E-state index contributed by atoms with van der Waals surface area (Å²) >= 11 is 0. The zero-order valence-electron chi connectivity index (χ0n) is 20.3. The molecule has 38 heavy (non-hydrogen) atoms. The van der Waals surface area contributed by atoms with E-state index in [1.54, 1.807) is 24.3 Å². The van der Waals surface area contributed by atoms with Gasteiger partial charge in [0, 0.05) is 11.1 Å². The molecule has 0 N–H and O–H groups in total. The van der Waals surface area contributed by atoms with Crippen molar-refractivity contribution in [3.63, 3.8) is 0 Å². The molecular formula is C32H22O6. The molecule has 0 radical (unpaired) electrons. The Hall–Kier alpha value is -5.10. The Morgan fingerprint density at radius 2 is 0.842 bits per heavy atom. The van der Waals surface area contributed by atoms with Gasteiger partial charge in [-0.1, -0.05) is 78.9 Å². The van der Waals surface area contributed by atoms with E-state index in [1.807, 2.05) is 60.7 Å². The molecule has 5 aromatic rings. The number of hydrogen-bond donors (Lipinski definition) is 0. The quantitative estimate of drug-likeness (QED) is 0.189. The predicted octanol–water partition coefficient (Wildman–Crippen LogP) is 6.07. The maximum atomic E-state index is 12.6. The minimum atomic E-state index is -0.749. The van der Waals surface area contributed by atoms with Gasteiger partial charge in [0.25, 0.3) is 0 Å². The SMILES string of the molecule is O=C(COC(=O)c1cccc(C(=O)OCC(=O)c2ccc3ccccc3c2)c1)c1ccc2ccccc2c1. The number of esters is 2. The standard InChI is InChI=1S/C32H22O6/c33-29(25-14-12-21-6-1-3-8-23(21)16-25)19-37-31(35)27-10-5-11-28(18-27)32(36)38-20-30(34)26-15-13-22-7-2-4-9-24(22)17-26/h1-18H,19-20H2. The van der Waals surface area contributed by atoms with Crippen LogP contribution in [0.4, 0.5) is 0 Å². The molecule has 0 aliphatic rings. The molecular weight excluding hydrogens is 480 g/mol. The number of benzene rings is 5. The van der Waals surface area contributed by atoms with Crippen molar-refractivity contribution in [3.05, 3.63) is 131 Å². The molecule has 0 amide bonds. The van der Waals surface area contributed by atoms with E-state index >= 15 is 0 Å². The molecule has 186 valence electrons. The summed E-state index contributed by atoms with van der Waals surface area (Å²) in [5.74, 6) is -2.18. The van der Waals surface area contributed by atoms with Crippen molar-refractivity contribution in [2.45, 2.75) is 0 Å². The Balaban J connectivity index is 1.18. The molecule has 5 rings (SSSR count). The molecule has 0 atom stereocenters. The zero-order chi connectivity index (χ0) is 26.5. The van der Waals surface area contributed by atoms with Crippen LogP contribution in [-0.4, -0.2) is 36.7 Å². The fraction of sp³-hybridized carbons (Fsp3) is 0.0625. The lowest BCUT2D eigenvalue weighted by Gasteiger charge is -2.08. The molecule has 0 bridgehead atoms. The van der Waals surface area contributed by atoms with Crippen LogP contribution in [0.1, 0.15) is 41.4 Å². The summed E-state index contributed by atoms with van der Waals surface area (Å²) in [6, 6.07) is 31.6. The molecule has 0 aliphatic carbocycles. The Kier molecular flexibility index (Phi) is 7.04. The van der Waals surface area contributed by atoms with E-state index in [2.05, 4.69) is 0 Å². The first-order chi connectivity index (χ1) is 18.5. The highest BCUT2D eigenvalue weighted by Crippen LogP contribution is 2.18. The van der Waals surface area contributed by atoms with E-state index in [0.717, 1.165) is 21.5 Å². The highest BCUT2D eigenvalue weighted by Gasteiger charge is 2.16. The smallest absolute Gasteiger partial charge is 0.338 e. The van der Waals surface area contributed by atoms with Crippen LogP contribution in [0, 0.1) is 0 Å². The zero-order valence-corrected chi connectivity index (χ0v) is 20.3. The van der Waals surface area contributed by atoms with Gasteiger partial charge in [-0.25, -0.2) is 9.59 Å².